The van der Waals surface area contributed by atoms with Crippen LogP contribution in [0, 0.1) is 0 Å². The predicted molar refractivity (Wildman–Crippen MR) is 69.4 cm³/mol. The summed E-state index contributed by atoms with van der Waals surface area (Å²) in [5.74, 6) is 0. The third-order valence-electron chi connectivity index (χ3n) is 2.56. The maximum absolute atomic E-state index is 13.0. The summed E-state index contributed by atoms with van der Waals surface area (Å²) < 4.78 is 63.9. The van der Waals surface area contributed by atoms with Gasteiger partial charge in [0.25, 0.3) is 0 Å². The summed E-state index contributed by atoms with van der Waals surface area (Å²) >= 11 is 5.49. The number of benzene rings is 1. The first-order valence-corrected chi connectivity index (χ1v) is 7.55. The first-order chi connectivity index (χ1) is 9.64. The maximum atomic E-state index is 13.0. The van der Waals surface area contributed by atoms with Crippen molar-refractivity contribution in [2.45, 2.75) is 11.1 Å². The van der Waals surface area contributed by atoms with Crippen molar-refractivity contribution in [3.8, 4) is 0 Å². The van der Waals surface area contributed by atoms with Gasteiger partial charge in [0.05, 0.1) is 23.7 Å². The minimum Gasteiger partial charge on any atom is -0.395 e. The van der Waals surface area contributed by atoms with Gasteiger partial charge in [-0.2, -0.15) is 17.5 Å². The van der Waals surface area contributed by atoms with Crippen molar-refractivity contribution in [2.24, 2.45) is 0 Å². The second kappa shape index (κ2) is 6.93. The number of hydrogen-bond donors (Lipinski definition) is 2. The molecule has 21 heavy (non-hydrogen) atoms. The highest BCUT2D eigenvalue weighted by atomic mass is 35.5. The average Bonchev–Trinajstić information content (AvgIpc) is 2.37. The summed E-state index contributed by atoms with van der Waals surface area (Å²) in [5.41, 5.74) is -1.39. The van der Waals surface area contributed by atoms with Gasteiger partial charge in [-0.3, -0.25) is 0 Å². The molecule has 0 atom stereocenters. The molecule has 0 aromatic heterocycles. The highest BCUT2D eigenvalue weighted by Crippen LogP contribution is 2.36. The van der Waals surface area contributed by atoms with Crippen molar-refractivity contribution >= 4 is 21.6 Å². The largest absolute Gasteiger partial charge is 0.417 e. The Bertz CT molecular complexity index is 586. The van der Waals surface area contributed by atoms with E-state index in [1.807, 2.05) is 0 Å². The van der Waals surface area contributed by atoms with Crippen LogP contribution in [0.5, 0.6) is 0 Å². The molecule has 0 spiro atoms. The molecule has 10 heteroatoms. The Morgan fingerprint density at radius 3 is 2.10 bits per heavy atom. The molecule has 0 aliphatic carbocycles. The number of nitrogens with zero attached hydrogens (tertiary/aromatic N) is 1. The van der Waals surface area contributed by atoms with Crippen LogP contribution in [-0.4, -0.2) is 49.2 Å². The molecule has 0 unspecified atom stereocenters. The predicted octanol–water partition coefficient (Wildman–Crippen LogP) is 1.33. The van der Waals surface area contributed by atoms with Crippen molar-refractivity contribution in [3.05, 3.63) is 28.8 Å². The van der Waals surface area contributed by atoms with Crippen LogP contribution in [0.4, 0.5) is 13.2 Å². The van der Waals surface area contributed by atoms with Gasteiger partial charge in [-0.15, -0.1) is 0 Å². The summed E-state index contributed by atoms with van der Waals surface area (Å²) in [5, 5.41) is 17.4. The third-order valence-corrected chi connectivity index (χ3v) is 4.76. The number of aliphatic hydroxyl groups excluding tert-OH is 2. The lowest BCUT2D eigenvalue weighted by Crippen LogP contribution is -2.36. The standard InChI is InChI=1S/C11H13ClF3NO4S/c12-8-1-2-10(9(7-8)11(13,14)15)21(19,20)16(3-5-17)4-6-18/h1-2,7,17-18H,3-6H2. The minimum absolute atomic E-state index is 0.253. The summed E-state index contributed by atoms with van der Waals surface area (Å²) in [4.78, 5) is -0.971. The maximum Gasteiger partial charge on any atom is 0.417 e. The molecule has 0 saturated carbocycles. The molecule has 120 valence electrons. The molecule has 5 nitrogen and oxygen atoms in total. The lowest BCUT2D eigenvalue weighted by atomic mass is 10.2. The van der Waals surface area contributed by atoms with Gasteiger partial charge >= 0.3 is 6.18 Å². The number of rotatable bonds is 6. The summed E-state index contributed by atoms with van der Waals surface area (Å²) in [6.45, 7) is -2.03. The highest BCUT2D eigenvalue weighted by molar-refractivity contribution is 7.89. The van der Waals surface area contributed by atoms with E-state index in [-0.39, 0.29) is 5.02 Å². The molecule has 0 fully saturated rings. The summed E-state index contributed by atoms with van der Waals surface area (Å²) in [7, 11) is -4.52. The normalized spacial score (nSPS) is 12.9. The van der Waals surface area contributed by atoms with E-state index in [4.69, 9.17) is 21.8 Å². The average molecular weight is 348 g/mol. The Hall–Kier alpha value is -0.870. The minimum atomic E-state index is -4.91. The monoisotopic (exact) mass is 347 g/mol. The quantitative estimate of drug-likeness (QED) is 0.814. The van der Waals surface area contributed by atoms with Crippen LogP contribution in [-0.2, 0) is 16.2 Å². The molecular weight excluding hydrogens is 335 g/mol. The van der Waals surface area contributed by atoms with Gasteiger partial charge in [0.2, 0.25) is 10.0 Å². The van der Waals surface area contributed by atoms with Crippen LogP contribution in [0.15, 0.2) is 23.1 Å². The lowest BCUT2D eigenvalue weighted by molar-refractivity contribution is -0.139. The molecule has 0 aliphatic rings. The molecule has 0 bridgehead atoms. The van der Waals surface area contributed by atoms with E-state index >= 15 is 0 Å². The van der Waals surface area contributed by atoms with Crippen LogP contribution in [0.1, 0.15) is 5.56 Å². The van der Waals surface area contributed by atoms with Gasteiger partial charge in [0, 0.05) is 18.1 Å². The molecule has 0 heterocycles. The van der Waals surface area contributed by atoms with E-state index in [1.54, 1.807) is 0 Å². The zero-order valence-corrected chi connectivity index (χ0v) is 12.2. The van der Waals surface area contributed by atoms with Gasteiger partial charge in [0.1, 0.15) is 0 Å². The number of sulfonamides is 1. The number of halogens is 4. The van der Waals surface area contributed by atoms with Crippen LogP contribution < -0.4 is 0 Å². The Kier molecular flexibility index (Phi) is 6.00. The van der Waals surface area contributed by atoms with E-state index in [2.05, 4.69) is 0 Å². The van der Waals surface area contributed by atoms with Crippen LogP contribution >= 0.6 is 11.6 Å². The van der Waals surface area contributed by atoms with Crippen molar-refractivity contribution in [1.29, 1.82) is 0 Å². The Labute approximate surface area is 124 Å². The fourth-order valence-corrected chi connectivity index (χ4v) is 3.45. The van der Waals surface area contributed by atoms with Crippen molar-refractivity contribution in [1.82, 2.24) is 4.31 Å². The van der Waals surface area contributed by atoms with Crippen LogP contribution in [0.3, 0.4) is 0 Å². The Balaban J connectivity index is 3.43. The van der Waals surface area contributed by atoms with Gasteiger partial charge < -0.3 is 10.2 Å². The summed E-state index contributed by atoms with van der Waals surface area (Å²) in [6, 6.07) is 2.30. The Morgan fingerprint density at radius 1 is 1.14 bits per heavy atom. The molecule has 0 amide bonds. The van der Waals surface area contributed by atoms with Gasteiger partial charge in [-0.05, 0) is 18.2 Å². The van der Waals surface area contributed by atoms with E-state index in [1.165, 1.54) is 0 Å². The topological polar surface area (TPSA) is 77.8 Å². The number of hydrogen-bond acceptors (Lipinski definition) is 4. The van der Waals surface area contributed by atoms with Gasteiger partial charge in [-0.1, -0.05) is 11.6 Å². The fraction of sp³-hybridized carbons (Fsp3) is 0.455. The van der Waals surface area contributed by atoms with Crippen LogP contribution in [0.25, 0.3) is 0 Å². The SMILES string of the molecule is O=S(=O)(c1ccc(Cl)cc1C(F)(F)F)N(CCO)CCO. The number of aliphatic hydroxyl groups is 2. The van der Waals surface area contributed by atoms with E-state index < -0.39 is 53.0 Å². The lowest BCUT2D eigenvalue weighted by Gasteiger charge is -2.22. The fourth-order valence-electron chi connectivity index (χ4n) is 1.66. The van der Waals surface area contributed by atoms with Crippen molar-refractivity contribution < 1.29 is 31.8 Å². The summed E-state index contributed by atoms with van der Waals surface area (Å²) in [6.07, 6.45) is -4.91. The zero-order valence-electron chi connectivity index (χ0n) is 10.6. The Morgan fingerprint density at radius 2 is 1.67 bits per heavy atom. The molecule has 1 rings (SSSR count). The molecular formula is C11H13ClF3NO4S. The van der Waals surface area contributed by atoms with Gasteiger partial charge in [-0.25, -0.2) is 8.42 Å². The highest BCUT2D eigenvalue weighted by Gasteiger charge is 2.39. The number of alkyl halides is 3. The zero-order chi connectivity index (χ0) is 16.3. The smallest absolute Gasteiger partial charge is 0.395 e. The van der Waals surface area contributed by atoms with E-state index in [0.717, 1.165) is 12.1 Å². The second-order valence-electron chi connectivity index (χ2n) is 3.99. The first kappa shape index (κ1) is 18.2. The van der Waals surface area contributed by atoms with Gasteiger partial charge in [0.15, 0.2) is 0 Å². The molecule has 0 radical (unpaired) electrons. The molecule has 1 aromatic rings. The van der Waals surface area contributed by atoms with E-state index in [0.29, 0.717) is 10.4 Å². The second-order valence-corrected chi connectivity index (χ2v) is 6.33. The molecule has 0 saturated heterocycles. The van der Waals surface area contributed by atoms with Crippen molar-refractivity contribution in [3.63, 3.8) is 0 Å². The molecule has 0 aliphatic heterocycles. The first-order valence-electron chi connectivity index (χ1n) is 5.73. The van der Waals surface area contributed by atoms with E-state index in [9.17, 15) is 21.6 Å². The molecule has 1 aromatic carbocycles. The van der Waals surface area contributed by atoms with Crippen molar-refractivity contribution in [2.75, 3.05) is 26.3 Å². The molecule has 2 N–H and O–H groups in total. The van der Waals surface area contributed by atoms with Crippen LogP contribution in [0.2, 0.25) is 5.02 Å². The third kappa shape index (κ3) is 4.30.